The first-order valence-corrected chi connectivity index (χ1v) is 14.7. The van der Waals surface area contributed by atoms with E-state index in [4.69, 9.17) is 10.6 Å². The Bertz CT molecular complexity index is 1350. The second kappa shape index (κ2) is 11.7. The Morgan fingerprint density at radius 2 is 2.15 bits per heavy atom. The molecule has 5 rings (SSSR count). The second-order valence-electron chi connectivity index (χ2n) is 8.75. The molecule has 1 saturated heterocycles. The zero-order valence-corrected chi connectivity index (χ0v) is 22.9. The number of β-lactam (4-membered cyclic amide) rings is 1. The van der Waals surface area contributed by atoms with Crippen LogP contribution in [0.4, 0.5) is 5.13 Å². The summed E-state index contributed by atoms with van der Waals surface area (Å²) in [5, 5.41) is 28.1. The van der Waals surface area contributed by atoms with Gasteiger partial charge in [-0.05, 0) is 41.7 Å². The molecule has 39 heavy (non-hydrogen) atoms. The Hall–Kier alpha value is -3.51. The van der Waals surface area contributed by atoms with Crippen molar-refractivity contribution < 1.29 is 24.3 Å². The van der Waals surface area contributed by atoms with Crippen molar-refractivity contribution in [3.8, 4) is 0 Å². The summed E-state index contributed by atoms with van der Waals surface area (Å²) < 4.78 is 5.60. The van der Waals surface area contributed by atoms with Crippen molar-refractivity contribution >= 4 is 63.7 Å². The minimum absolute atomic E-state index is 0.00264. The number of nitrogens with one attached hydrogen (secondary N) is 1. The number of anilines is 1. The zero-order chi connectivity index (χ0) is 27.5. The van der Waals surface area contributed by atoms with Crippen LogP contribution in [0.2, 0.25) is 0 Å². The van der Waals surface area contributed by atoms with E-state index in [2.05, 4.69) is 41.9 Å². The van der Waals surface area contributed by atoms with Crippen LogP contribution in [-0.4, -0.2) is 92.1 Å². The number of aromatic nitrogens is 6. The number of amides is 2. The third-order valence-electron chi connectivity index (χ3n) is 6.18. The summed E-state index contributed by atoms with van der Waals surface area (Å²) in [5.41, 5.74) is 5.95. The number of tetrazole rings is 1. The maximum atomic E-state index is 13.2. The number of carbonyl (C=O) groups excluding carboxylic acids is 2. The van der Waals surface area contributed by atoms with E-state index in [1.54, 1.807) is 6.08 Å². The summed E-state index contributed by atoms with van der Waals surface area (Å²) in [6, 6.07) is -0.960. The molecule has 1 saturated carbocycles. The van der Waals surface area contributed by atoms with Crippen LogP contribution in [0.5, 0.6) is 0 Å². The fraction of sp³-hybridized carbons (Fsp3) is 0.476. The van der Waals surface area contributed by atoms with Gasteiger partial charge in [-0.15, -0.1) is 23.4 Å². The number of rotatable bonds is 11. The number of nitrogens with zero attached hydrogens (tertiary/aromatic N) is 8. The van der Waals surface area contributed by atoms with Crippen molar-refractivity contribution in [1.82, 2.24) is 39.8 Å². The lowest BCUT2D eigenvalue weighted by Crippen LogP contribution is -2.71. The van der Waals surface area contributed by atoms with Gasteiger partial charge in [0.05, 0.1) is 6.54 Å². The molecule has 2 aliphatic heterocycles. The van der Waals surface area contributed by atoms with Gasteiger partial charge in [0.1, 0.15) is 23.2 Å². The number of carboxylic acids is 1. The summed E-state index contributed by atoms with van der Waals surface area (Å²) in [5.74, 6) is -1.87. The molecule has 2 atom stereocenters. The molecular weight excluding hydrogens is 568 g/mol. The standard InChI is InChI=1S/C21H24N10O5S3/c1-2-7-30-21(25-28-29-30)38-9-10-8-37-18-13(17(33)31(18)14(10)19(34)35)23-16(32)12(15-24-20(22)39-27-15)26-36-11-5-3-4-6-11/h2,11,13,18H,1,3-9H2,(H,23,32)(H,34,35)(H2,22,24,27)/b26-12+. The number of allylic oxidation sites excluding steroid dienone is 1. The number of aliphatic carboxylic acids is 1. The fourth-order valence-corrected chi connectivity index (χ4v) is 7.13. The van der Waals surface area contributed by atoms with E-state index >= 15 is 0 Å². The zero-order valence-electron chi connectivity index (χ0n) is 20.4. The molecule has 2 unspecified atom stereocenters. The molecule has 2 aromatic heterocycles. The highest BCUT2D eigenvalue weighted by molar-refractivity contribution is 8.01. The van der Waals surface area contributed by atoms with Crippen molar-refractivity contribution in [3.63, 3.8) is 0 Å². The van der Waals surface area contributed by atoms with E-state index in [0.29, 0.717) is 23.0 Å². The summed E-state index contributed by atoms with van der Waals surface area (Å²) in [6.07, 6.45) is 5.22. The smallest absolute Gasteiger partial charge is 0.352 e. The minimum atomic E-state index is -1.23. The van der Waals surface area contributed by atoms with Crippen molar-refractivity contribution in [2.24, 2.45) is 5.16 Å². The van der Waals surface area contributed by atoms with Gasteiger partial charge >= 0.3 is 5.97 Å². The molecule has 206 valence electrons. The van der Waals surface area contributed by atoms with Crippen LogP contribution in [0.3, 0.4) is 0 Å². The fourth-order valence-electron chi connectivity index (χ4n) is 4.33. The van der Waals surface area contributed by atoms with Crippen LogP contribution >= 0.6 is 35.1 Å². The number of carbonyl (C=O) groups is 3. The molecule has 1 aliphatic carbocycles. The van der Waals surface area contributed by atoms with E-state index in [1.165, 1.54) is 33.1 Å². The Morgan fingerprint density at radius 1 is 1.36 bits per heavy atom. The number of carboxylic acid groups (broad SMARTS) is 1. The summed E-state index contributed by atoms with van der Waals surface area (Å²) in [6.45, 7) is 4.07. The van der Waals surface area contributed by atoms with Gasteiger partial charge in [0.2, 0.25) is 16.7 Å². The predicted octanol–water partition coefficient (Wildman–Crippen LogP) is 0.487. The Balaban J connectivity index is 1.30. The molecule has 0 spiro atoms. The Morgan fingerprint density at radius 3 is 2.85 bits per heavy atom. The van der Waals surface area contributed by atoms with Crippen molar-refractivity contribution in [2.75, 3.05) is 17.2 Å². The van der Waals surface area contributed by atoms with Gasteiger partial charge in [-0.1, -0.05) is 23.0 Å². The number of nitrogen functional groups attached to an aromatic ring is 1. The van der Waals surface area contributed by atoms with Crippen molar-refractivity contribution in [2.45, 2.75) is 54.9 Å². The van der Waals surface area contributed by atoms with Crippen LogP contribution in [0.1, 0.15) is 31.5 Å². The van der Waals surface area contributed by atoms with Gasteiger partial charge in [0.15, 0.2) is 5.13 Å². The highest BCUT2D eigenvalue weighted by atomic mass is 32.2. The molecule has 3 aliphatic rings. The molecule has 18 heteroatoms. The molecule has 15 nitrogen and oxygen atoms in total. The summed E-state index contributed by atoms with van der Waals surface area (Å²) >= 11 is 3.52. The maximum Gasteiger partial charge on any atom is 0.352 e. The number of nitrogens with two attached hydrogens (primary N) is 1. The average molecular weight is 593 g/mol. The van der Waals surface area contributed by atoms with Gasteiger partial charge in [-0.3, -0.25) is 14.5 Å². The van der Waals surface area contributed by atoms with E-state index in [9.17, 15) is 19.5 Å². The lowest BCUT2D eigenvalue weighted by Gasteiger charge is -2.49. The molecule has 2 fully saturated rings. The van der Waals surface area contributed by atoms with Crippen LogP contribution in [0.15, 0.2) is 34.2 Å². The summed E-state index contributed by atoms with van der Waals surface area (Å²) in [7, 11) is 0. The van der Waals surface area contributed by atoms with Crippen LogP contribution < -0.4 is 11.1 Å². The van der Waals surface area contributed by atoms with Gasteiger partial charge in [-0.25, -0.2) is 9.48 Å². The molecule has 2 amide bonds. The normalized spacial score (nSPS) is 21.5. The topological polar surface area (TPSA) is 204 Å². The van der Waals surface area contributed by atoms with Crippen LogP contribution in [0.25, 0.3) is 0 Å². The van der Waals surface area contributed by atoms with E-state index in [0.717, 1.165) is 37.2 Å². The predicted molar refractivity (Wildman–Crippen MR) is 143 cm³/mol. The first kappa shape index (κ1) is 27.1. The quantitative estimate of drug-likeness (QED) is 0.107. The SMILES string of the molecule is C=CCn1nnnc1SCC1=C(C(=O)O)N2C(=O)C(NC(=O)/C(=N/OC3CCCC3)c3nsc(N)n3)C2SC1. The Labute approximate surface area is 234 Å². The summed E-state index contributed by atoms with van der Waals surface area (Å²) in [4.78, 5) is 49.3. The molecular formula is C21H24N10O5S3. The van der Waals surface area contributed by atoms with Gasteiger partial charge in [0.25, 0.3) is 11.8 Å². The Kier molecular flexibility index (Phi) is 8.12. The first-order chi connectivity index (χ1) is 18.9. The highest BCUT2D eigenvalue weighted by Crippen LogP contribution is 2.41. The molecule has 0 aromatic carbocycles. The molecule has 4 N–H and O–H groups in total. The monoisotopic (exact) mass is 592 g/mol. The first-order valence-electron chi connectivity index (χ1n) is 11.9. The molecule has 0 radical (unpaired) electrons. The van der Waals surface area contributed by atoms with E-state index < -0.39 is 29.2 Å². The number of fused-ring (bicyclic) bond motifs is 1. The number of oxime groups is 1. The van der Waals surface area contributed by atoms with E-state index in [-0.39, 0.29) is 34.2 Å². The number of hydrogen-bond donors (Lipinski definition) is 3. The van der Waals surface area contributed by atoms with Crippen molar-refractivity contribution in [3.05, 3.63) is 29.7 Å². The van der Waals surface area contributed by atoms with Gasteiger partial charge in [-0.2, -0.15) is 9.36 Å². The van der Waals surface area contributed by atoms with Crippen LogP contribution in [-0.2, 0) is 25.8 Å². The third-order valence-corrected chi connectivity index (χ3v) is 9.10. The maximum absolute atomic E-state index is 13.2. The minimum Gasteiger partial charge on any atom is -0.477 e. The largest absolute Gasteiger partial charge is 0.477 e. The molecule has 4 heterocycles. The van der Waals surface area contributed by atoms with Gasteiger partial charge in [0, 0.05) is 23.0 Å². The highest BCUT2D eigenvalue weighted by Gasteiger charge is 2.54. The van der Waals surface area contributed by atoms with Gasteiger partial charge < -0.3 is 21.0 Å². The van der Waals surface area contributed by atoms with Crippen LogP contribution in [0, 0.1) is 0 Å². The lowest BCUT2D eigenvalue weighted by atomic mass is 10.0. The molecule has 2 aromatic rings. The number of hydrogen-bond acceptors (Lipinski definition) is 14. The van der Waals surface area contributed by atoms with E-state index in [1.807, 2.05) is 0 Å². The second-order valence-corrected chi connectivity index (χ2v) is 11.6. The third kappa shape index (κ3) is 5.62. The lowest BCUT2D eigenvalue weighted by molar-refractivity contribution is -0.150. The molecule has 0 bridgehead atoms. The average Bonchev–Trinajstić information content (AvgIpc) is 3.69. The van der Waals surface area contributed by atoms with Crippen molar-refractivity contribution in [1.29, 1.82) is 0 Å². The number of thioether (sulfide) groups is 2.